The van der Waals surface area contributed by atoms with Crippen LogP contribution in [0, 0.1) is 0 Å². The first-order chi connectivity index (χ1) is 9.74. The highest BCUT2D eigenvalue weighted by molar-refractivity contribution is 5.28. The van der Waals surface area contributed by atoms with Crippen molar-refractivity contribution in [2.75, 3.05) is 19.6 Å². The normalized spacial score (nSPS) is 24.6. The molecule has 1 heterocycles. The van der Waals surface area contributed by atoms with Crippen LogP contribution < -0.4 is 5.32 Å². The Morgan fingerprint density at radius 2 is 2.10 bits per heavy atom. The first kappa shape index (κ1) is 15.5. The van der Waals surface area contributed by atoms with Gasteiger partial charge in [0.15, 0.2) is 0 Å². The predicted octanol–water partition coefficient (Wildman–Crippen LogP) is 3.67. The van der Waals surface area contributed by atoms with Gasteiger partial charge >= 0.3 is 0 Å². The lowest BCUT2D eigenvalue weighted by atomic mass is 9.91. The number of hydrogen-bond donors (Lipinski definition) is 1. The van der Waals surface area contributed by atoms with Gasteiger partial charge in [0.05, 0.1) is 0 Å². The monoisotopic (exact) mass is 274 g/mol. The molecule has 2 aliphatic rings. The van der Waals surface area contributed by atoms with E-state index < -0.39 is 0 Å². The topological polar surface area (TPSA) is 15.3 Å². The third kappa shape index (κ3) is 4.07. The van der Waals surface area contributed by atoms with Crippen molar-refractivity contribution in [1.82, 2.24) is 10.2 Å². The van der Waals surface area contributed by atoms with Crippen molar-refractivity contribution in [1.29, 1.82) is 0 Å². The minimum absolute atomic E-state index is 0.751. The van der Waals surface area contributed by atoms with E-state index in [9.17, 15) is 0 Å². The van der Waals surface area contributed by atoms with Gasteiger partial charge < -0.3 is 5.32 Å². The highest BCUT2D eigenvalue weighted by Crippen LogP contribution is 2.30. The van der Waals surface area contributed by atoms with Gasteiger partial charge in [-0.3, -0.25) is 4.90 Å². The number of nitrogens with zero attached hydrogens (tertiary/aromatic N) is 1. The van der Waals surface area contributed by atoms with Crippen molar-refractivity contribution in [3.8, 4) is 0 Å². The van der Waals surface area contributed by atoms with Gasteiger partial charge in [-0.25, -0.2) is 0 Å². The summed E-state index contributed by atoms with van der Waals surface area (Å²) >= 11 is 0. The summed E-state index contributed by atoms with van der Waals surface area (Å²) in [6.07, 6.45) is 12.1. The second kappa shape index (κ2) is 7.80. The zero-order valence-corrected chi connectivity index (χ0v) is 13.0. The fourth-order valence-electron chi connectivity index (χ4n) is 3.21. The zero-order chi connectivity index (χ0) is 14.4. The van der Waals surface area contributed by atoms with Gasteiger partial charge in [0, 0.05) is 25.2 Å². The Hall–Kier alpha value is -0.860. The molecule has 1 aliphatic heterocycles. The lowest BCUT2D eigenvalue weighted by Gasteiger charge is -2.38. The highest BCUT2D eigenvalue weighted by atomic mass is 15.2. The van der Waals surface area contributed by atoms with Crippen molar-refractivity contribution >= 4 is 0 Å². The third-order valence-electron chi connectivity index (χ3n) is 4.78. The maximum Gasteiger partial charge on any atom is 0.0224 e. The Morgan fingerprint density at radius 1 is 1.30 bits per heavy atom. The summed E-state index contributed by atoms with van der Waals surface area (Å²) in [5, 5.41) is 3.62. The summed E-state index contributed by atoms with van der Waals surface area (Å²) in [6.45, 7) is 13.4. The van der Waals surface area contributed by atoms with E-state index >= 15 is 0 Å². The lowest BCUT2D eigenvalue weighted by Crippen LogP contribution is -2.47. The molecule has 0 aromatic carbocycles. The van der Waals surface area contributed by atoms with Crippen LogP contribution >= 0.6 is 0 Å². The van der Waals surface area contributed by atoms with Crippen molar-refractivity contribution in [3.63, 3.8) is 0 Å². The number of rotatable bonds is 8. The van der Waals surface area contributed by atoms with E-state index in [-0.39, 0.29) is 0 Å². The summed E-state index contributed by atoms with van der Waals surface area (Å²) in [5.41, 5.74) is 2.43. The molecule has 0 aromatic heterocycles. The van der Waals surface area contributed by atoms with Gasteiger partial charge in [-0.2, -0.15) is 0 Å². The molecule has 0 aromatic rings. The van der Waals surface area contributed by atoms with Crippen molar-refractivity contribution in [2.45, 2.75) is 57.5 Å². The van der Waals surface area contributed by atoms with Crippen LogP contribution in [-0.4, -0.2) is 36.6 Å². The molecule has 0 unspecified atom stereocenters. The van der Waals surface area contributed by atoms with Crippen LogP contribution in [0.25, 0.3) is 0 Å². The number of allylic oxidation sites excluding steroid dienone is 2. The van der Waals surface area contributed by atoms with Crippen LogP contribution in [0.15, 0.2) is 36.5 Å². The summed E-state index contributed by atoms with van der Waals surface area (Å²) in [4.78, 5) is 2.75. The van der Waals surface area contributed by atoms with Crippen molar-refractivity contribution in [2.24, 2.45) is 0 Å². The van der Waals surface area contributed by atoms with E-state index in [1.807, 2.05) is 6.08 Å². The molecule has 0 amide bonds. The summed E-state index contributed by atoms with van der Waals surface area (Å²) in [6, 6.07) is 1.64. The Morgan fingerprint density at radius 3 is 2.70 bits per heavy atom. The average molecular weight is 274 g/mol. The van der Waals surface area contributed by atoms with E-state index in [4.69, 9.17) is 0 Å². The molecule has 20 heavy (non-hydrogen) atoms. The first-order valence-electron chi connectivity index (χ1n) is 8.21. The van der Waals surface area contributed by atoms with Gasteiger partial charge in [0.2, 0.25) is 0 Å². The van der Waals surface area contributed by atoms with Crippen LogP contribution in [0.3, 0.4) is 0 Å². The Bertz CT molecular complexity index is 366. The van der Waals surface area contributed by atoms with Gasteiger partial charge in [-0.1, -0.05) is 44.2 Å². The fraction of sp³-hybridized carbons (Fsp3) is 0.667. The largest absolute Gasteiger partial charge is 0.311 e. The molecule has 2 rings (SSSR count). The zero-order valence-electron chi connectivity index (χ0n) is 13.0. The van der Waals surface area contributed by atoms with Crippen LogP contribution in [0.5, 0.6) is 0 Å². The number of likely N-dealkylation sites (tertiary alicyclic amines) is 1. The van der Waals surface area contributed by atoms with E-state index in [0.29, 0.717) is 0 Å². The molecule has 1 aliphatic carbocycles. The number of nitrogens with one attached hydrogen (secondary N) is 1. The van der Waals surface area contributed by atoms with Gasteiger partial charge in [0.1, 0.15) is 0 Å². The first-order valence-corrected chi connectivity index (χ1v) is 8.21. The minimum Gasteiger partial charge on any atom is -0.311 e. The quantitative estimate of drug-likeness (QED) is 0.679. The van der Waals surface area contributed by atoms with Crippen molar-refractivity contribution < 1.29 is 0 Å². The predicted molar refractivity (Wildman–Crippen MR) is 87.9 cm³/mol. The molecular weight excluding hydrogens is 244 g/mol. The molecule has 1 N–H and O–H groups in total. The van der Waals surface area contributed by atoms with E-state index in [0.717, 1.165) is 31.6 Å². The third-order valence-corrected chi connectivity index (χ3v) is 4.78. The summed E-state index contributed by atoms with van der Waals surface area (Å²) in [5.74, 6) is 0. The minimum atomic E-state index is 0.751. The van der Waals surface area contributed by atoms with Crippen LogP contribution in [0.2, 0.25) is 0 Å². The standard InChI is InChI=1S/C18H30N2/c1-4-15(3)12-16(5-2)13-19-14-18-10-7-11-20(18)17-8-6-9-17/h5,12,17-19H,2-4,6-11,13-14H2,1H3/b16-12+/t18-/m0/s1. The van der Waals surface area contributed by atoms with Gasteiger partial charge in [0.25, 0.3) is 0 Å². The summed E-state index contributed by atoms with van der Waals surface area (Å²) < 4.78 is 0. The smallest absolute Gasteiger partial charge is 0.0224 e. The Balaban J connectivity index is 1.75. The molecule has 2 nitrogen and oxygen atoms in total. The molecule has 112 valence electrons. The highest BCUT2D eigenvalue weighted by Gasteiger charge is 2.33. The molecule has 1 atom stereocenters. The lowest BCUT2D eigenvalue weighted by molar-refractivity contribution is 0.113. The second-order valence-corrected chi connectivity index (χ2v) is 6.18. The van der Waals surface area contributed by atoms with E-state index in [1.54, 1.807) is 0 Å². The second-order valence-electron chi connectivity index (χ2n) is 6.18. The molecular formula is C18H30N2. The van der Waals surface area contributed by atoms with E-state index in [2.05, 4.69) is 36.4 Å². The van der Waals surface area contributed by atoms with Crippen molar-refractivity contribution in [3.05, 3.63) is 36.5 Å². The maximum atomic E-state index is 4.04. The molecule has 2 heteroatoms. The van der Waals surface area contributed by atoms with Crippen LogP contribution in [-0.2, 0) is 0 Å². The van der Waals surface area contributed by atoms with Gasteiger partial charge in [-0.15, -0.1) is 0 Å². The molecule has 2 fully saturated rings. The Kier molecular flexibility index (Phi) is 6.06. The molecule has 0 bridgehead atoms. The van der Waals surface area contributed by atoms with E-state index in [1.165, 1.54) is 49.8 Å². The molecule has 1 saturated heterocycles. The molecule has 1 saturated carbocycles. The SMILES string of the molecule is C=C/C(=C\C(=C)CC)CNC[C@@H]1CCCN1C1CCC1. The number of hydrogen-bond acceptors (Lipinski definition) is 2. The Labute approximate surface area is 124 Å². The molecule has 0 radical (unpaired) electrons. The van der Waals surface area contributed by atoms with Crippen LogP contribution in [0.1, 0.15) is 45.4 Å². The summed E-state index contributed by atoms with van der Waals surface area (Å²) in [7, 11) is 0. The molecule has 0 spiro atoms. The maximum absolute atomic E-state index is 4.04. The average Bonchev–Trinajstić information content (AvgIpc) is 2.83. The fourth-order valence-corrected chi connectivity index (χ4v) is 3.21. The van der Waals surface area contributed by atoms with Gasteiger partial charge in [-0.05, 0) is 44.2 Å². The van der Waals surface area contributed by atoms with Crippen LogP contribution in [0.4, 0.5) is 0 Å².